The maximum Gasteiger partial charge on any atom is 0.477 e. The van der Waals surface area contributed by atoms with Crippen LogP contribution in [0.2, 0.25) is 0 Å². The number of aromatic nitrogens is 1. The average Bonchev–Trinajstić information content (AvgIpc) is 3.14. The number of hydrogen-bond donors (Lipinski definition) is 0. The second-order valence-electron chi connectivity index (χ2n) is 11.4. The smallest absolute Gasteiger partial charge is 0.477 e. The molecule has 6 rings (SSSR count). The van der Waals surface area contributed by atoms with E-state index in [1.807, 2.05) is 48.6 Å². The number of hydrogen-bond acceptors (Lipinski definition) is 3. The maximum atomic E-state index is 11.4. The molecular weight excluding hydrogens is 579 g/mol. The number of carbonyl (C=O) groups excluding carboxylic acids is 1. The molecule has 6 aromatic rings. The van der Waals surface area contributed by atoms with Gasteiger partial charge in [-0.3, -0.25) is 0 Å². The summed E-state index contributed by atoms with van der Waals surface area (Å²) in [6.07, 6.45) is 5.73. The highest BCUT2D eigenvalue weighted by Gasteiger charge is 2.31. The SMILES string of the molecule is COc1ccc(C=Cc2cc[n+](OC(=O)N(C)C)cc2)cc1.c1ccc([B-](c2ccccc2)(c2ccccc2)c2ccccc2)cc1. The minimum atomic E-state index is -1.22. The Morgan fingerprint density at radius 1 is 0.553 bits per heavy atom. The third kappa shape index (κ3) is 8.05. The predicted octanol–water partition coefficient (Wildman–Crippen LogP) is 5.33. The lowest BCUT2D eigenvalue weighted by molar-refractivity contribution is -0.869. The summed E-state index contributed by atoms with van der Waals surface area (Å²) in [6, 6.07) is 55.1. The van der Waals surface area contributed by atoms with E-state index in [2.05, 4.69) is 121 Å². The van der Waals surface area contributed by atoms with Gasteiger partial charge in [0.05, 0.1) is 7.11 Å². The molecule has 0 atom stereocenters. The minimum Gasteiger partial charge on any atom is -0.497 e. The molecule has 6 heteroatoms. The summed E-state index contributed by atoms with van der Waals surface area (Å²) in [6.45, 7) is 0. The van der Waals surface area contributed by atoms with Crippen molar-refractivity contribution in [2.24, 2.45) is 0 Å². The molecule has 0 fully saturated rings. The minimum absolute atomic E-state index is 0.425. The number of ether oxygens (including phenoxy) is 1. The third-order valence-corrected chi connectivity index (χ3v) is 8.16. The lowest BCUT2D eigenvalue weighted by Gasteiger charge is -2.44. The highest BCUT2D eigenvalue weighted by atomic mass is 16.7. The van der Waals surface area contributed by atoms with Crippen molar-refractivity contribution >= 4 is 46.2 Å². The Labute approximate surface area is 277 Å². The van der Waals surface area contributed by atoms with Crippen LogP contribution in [-0.4, -0.2) is 38.3 Å². The number of rotatable bonds is 8. The highest BCUT2D eigenvalue weighted by Crippen LogP contribution is 2.14. The van der Waals surface area contributed by atoms with Crippen LogP contribution in [0.4, 0.5) is 4.79 Å². The molecule has 0 unspecified atom stereocenters. The second-order valence-corrected chi connectivity index (χ2v) is 11.4. The van der Waals surface area contributed by atoms with Gasteiger partial charge in [-0.25, -0.2) is 4.79 Å². The van der Waals surface area contributed by atoms with Crippen LogP contribution in [0, 0.1) is 0 Å². The fourth-order valence-electron chi connectivity index (χ4n) is 5.80. The quantitative estimate of drug-likeness (QED) is 0.171. The predicted molar refractivity (Wildman–Crippen MR) is 194 cm³/mol. The van der Waals surface area contributed by atoms with Crippen molar-refractivity contribution < 1.29 is 19.1 Å². The first-order chi connectivity index (χ1) is 23.0. The van der Waals surface area contributed by atoms with E-state index in [1.54, 1.807) is 33.6 Å². The topological polar surface area (TPSA) is 42.6 Å². The first-order valence-electron chi connectivity index (χ1n) is 15.6. The maximum absolute atomic E-state index is 11.4. The van der Waals surface area contributed by atoms with Crippen LogP contribution in [0.1, 0.15) is 11.1 Å². The van der Waals surface area contributed by atoms with Gasteiger partial charge in [0.25, 0.3) is 0 Å². The van der Waals surface area contributed by atoms with Gasteiger partial charge in [-0.2, -0.15) is 26.7 Å². The van der Waals surface area contributed by atoms with Crippen LogP contribution >= 0.6 is 0 Å². The molecule has 1 aromatic heterocycles. The van der Waals surface area contributed by atoms with Gasteiger partial charge in [-0.1, -0.05) is 146 Å². The molecule has 0 saturated carbocycles. The number of methoxy groups -OCH3 is 1. The Balaban J connectivity index is 0.000000186. The van der Waals surface area contributed by atoms with Crippen molar-refractivity contribution in [1.29, 1.82) is 0 Å². The Hall–Kier alpha value is -5.88. The number of carbonyl (C=O) groups is 1. The summed E-state index contributed by atoms with van der Waals surface area (Å²) in [5.74, 6) is 0.834. The third-order valence-electron chi connectivity index (χ3n) is 8.16. The molecule has 0 spiro atoms. The summed E-state index contributed by atoms with van der Waals surface area (Å²) < 4.78 is 6.49. The molecule has 0 aliphatic heterocycles. The average molecular weight is 619 g/mol. The molecule has 0 bridgehead atoms. The standard InChI is InChI=1S/C24H20B.C17H19N2O3/c1-5-13-21(14-6-1)25(22-15-7-2-8-16-22,23-17-9-3-10-18-23)24-19-11-4-12-20-24;1-18(2)17(20)22-19-12-10-15(11-13-19)5-4-14-6-8-16(21-3)9-7-14/h1-20H;4-13H,1-3H3/q-1;+1. The molecule has 5 nitrogen and oxygen atoms in total. The van der Waals surface area contributed by atoms with Gasteiger partial charge < -0.3 is 9.64 Å². The van der Waals surface area contributed by atoms with E-state index in [1.165, 1.54) is 31.5 Å². The molecule has 0 radical (unpaired) electrons. The zero-order valence-electron chi connectivity index (χ0n) is 27.0. The number of benzene rings is 5. The summed E-state index contributed by atoms with van der Waals surface area (Å²) in [4.78, 5) is 17.9. The number of nitrogens with zero attached hydrogens (tertiary/aromatic N) is 2. The Morgan fingerprint density at radius 3 is 1.26 bits per heavy atom. The summed E-state index contributed by atoms with van der Waals surface area (Å²) in [7, 11) is 4.91. The van der Waals surface area contributed by atoms with Crippen molar-refractivity contribution in [2.75, 3.05) is 21.2 Å². The van der Waals surface area contributed by atoms with Crippen LogP contribution in [-0.2, 0) is 0 Å². The first-order valence-corrected chi connectivity index (χ1v) is 15.6. The lowest BCUT2D eigenvalue weighted by Crippen LogP contribution is -2.74. The number of amides is 1. The Morgan fingerprint density at radius 2 is 0.915 bits per heavy atom. The van der Waals surface area contributed by atoms with Crippen molar-refractivity contribution in [2.45, 2.75) is 0 Å². The van der Waals surface area contributed by atoms with E-state index < -0.39 is 12.2 Å². The first kappa shape index (κ1) is 32.5. The van der Waals surface area contributed by atoms with Gasteiger partial charge in [-0.15, -0.1) is 0 Å². The zero-order valence-corrected chi connectivity index (χ0v) is 27.0. The van der Waals surface area contributed by atoms with Gasteiger partial charge in [0.1, 0.15) is 11.9 Å². The van der Waals surface area contributed by atoms with Gasteiger partial charge in [-0.05, 0) is 23.3 Å². The molecule has 0 saturated heterocycles. The zero-order chi connectivity index (χ0) is 32.9. The van der Waals surface area contributed by atoms with Crippen molar-refractivity contribution in [1.82, 2.24) is 4.90 Å². The van der Waals surface area contributed by atoms with E-state index in [9.17, 15) is 4.79 Å². The van der Waals surface area contributed by atoms with Gasteiger partial charge in [0, 0.05) is 31.0 Å². The molecule has 1 amide bonds. The molecule has 0 aliphatic carbocycles. The number of pyridine rings is 1. The van der Waals surface area contributed by atoms with Crippen molar-refractivity contribution in [3.05, 3.63) is 181 Å². The summed E-state index contributed by atoms with van der Waals surface area (Å²) >= 11 is 0. The largest absolute Gasteiger partial charge is 0.497 e. The van der Waals surface area contributed by atoms with Crippen molar-refractivity contribution in [3.63, 3.8) is 0 Å². The Kier molecular flexibility index (Phi) is 11.0. The highest BCUT2D eigenvalue weighted by molar-refractivity contribution is 7.19. The fourth-order valence-corrected chi connectivity index (χ4v) is 5.80. The van der Waals surface area contributed by atoms with E-state index >= 15 is 0 Å². The molecule has 1 heterocycles. The van der Waals surface area contributed by atoms with E-state index in [4.69, 9.17) is 9.57 Å². The second kappa shape index (κ2) is 15.9. The van der Waals surface area contributed by atoms with E-state index in [0.29, 0.717) is 0 Å². The van der Waals surface area contributed by atoms with Crippen LogP contribution in [0.3, 0.4) is 0 Å². The van der Waals surface area contributed by atoms with Crippen LogP contribution in [0.25, 0.3) is 12.2 Å². The van der Waals surface area contributed by atoms with Crippen molar-refractivity contribution in [3.8, 4) is 5.75 Å². The van der Waals surface area contributed by atoms with Gasteiger partial charge >= 0.3 is 6.09 Å². The van der Waals surface area contributed by atoms with Gasteiger partial charge in [0.2, 0.25) is 12.4 Å². The monoisotopic (exact) mass is 618 g/mol. The Bertz CT molecular complexity index is 1680. The lowest BCUT2D eigenvalue weighted by atomic mass is 9.13. The molecule has 0 N–H and O–H groups in total. The van der Waals surface area contributed by atoms with Crippen LogP contribution in [0.15, 0.2) is 170 Å². The van der Waals surface area contributed by atoms with E-state index in [0.717, 1.165) is 16.9 Å². The van der Waals surface area contributed by atoms with Gasteiger partial charge in [0.15, 0.2) is 0 Å². The van der Waals surface area contributed by atoms with Crippen LogP contribution in [0.5, 0.6) is 5.75 Å². The molecule has 5 aromatic carbocycles. The molecule has 0 aliphatic rings. The molecule has 234 valence electrons. The molecular formula is C41H39BN2O3. The van der Waals surface area contributed by atoms with E-state index in [-0.39, 0.29) is 0 Å². The summed E-state index contributed by atoms with van der Waals surface area (Å²) in [5, 5.41) is 0. The van der Waals surface area contributed by atoms with Crippen LogP contribution < -0.4 is 36.2 Å². The summed E-state index contributed by atoms with van der Waals surface area (Å²) in [5.41, 5.74) is 7.44. The normalized spacial score (nSPS) is 10.9. The molecule has 47 heavy (non-hydrogen) atoms. The fraction of sp³-hybridized carbons (Fsp3) is 0.0732.